The van der Waals surface area contributed by atoms with E-state index >= 15 is 0 Å². The third-order valence-electron chi connectivity index (χ3n) is 2.87. The molecule has 0 aromatic heterocycles. The van der Waals surface area contributed by atoms with Gasteiger partial charge in [-0.1, -0.05) is 12.1 Å². The molecule has 0 aliphatic carbocycles. The van der Waals surface area contributed by atoms with Crippen LogP contribution in [0.2, 0.25) is 0 Å². The van der Waals surface area contributed by atoms with Crippen molar-refractivity contribution < 1.29 is 17.9 Å². The second kappa shape index (κ2) is 5.18. The lowest BCUT2D eigenvalue weighted by molar-refractivity contribution is -0.144. The van der Waals surface area contributed by atoms with E-state index in [0.29, 0.717) is 6.54 Å². The van der Waals surface area contributed by atoms with Crippen molar-refractivity contribution in [3.05, 3.63) is 29.3 Å². The summed E-state index contributed by atoms with van der Waals surface area (Å²) in [6.45, 7) is 0.133. The fraction of sp³-hybridized carbons (Fsp3) is 0.538. The molecule has 0 amide bonds. The summed E-state index contributed by atoms with van der Waals surface area (Å²) in [4.78, 5) is 1.27. The Bertz CT molecular complexity index is 417. The second-order valence-electron chi connectivity index (χ2n) is 4.68. The Kier molecular flexibility index (Phi) is 3.80. The summed E-state index contributed by atoms with van der Waals surface area (Å²) in [6.07, 6.45) is -2.24. The Morgan fingerprint density at radius 1 is 1.33 bits per heavy atom. The minimum Gasteiger partial charge on any atom is -0.493 e. The summed E-state index contributed by atoms with van der Waals surface area (Å²) in [5.41, 5.74) is 1.99. The number of hydrogen-bond acceptors (Lipinski definition) is 2. The van der Waals surface area contributed by atoms with E-state index in [0.717, 1.165) is 36.3 Å². The Hall–Kier alpha value is -1.23. The molecule has 0 saturated carbocycles. The van der Waals surface area contributed by atoms with Crippen LogP contribution in [0.3, 0.4) is 0 Å². The summed E-state index contributed by atoms with van der Waals surface area (Å²) in [6, 6.07) is 5.63. The van der Waals surface area contributed by atoms with Crippen LogP contribution in [0.1, 0.15) is 17.5 Å². The lowest BCUT2D eigenvalue weighted by Gasteiger charge is -2.21. The van der Waals surface area contributed by atoms with Gasteiger partial charge in [-0.3, -0.25) is 4.90 Å². The van der Waals surface area contributed by atoms with E-state index in [9.17, 15) is 13.2 Å². The number of fused-ring (bicyclic) bond motifs is 1. The van der Waals surface area contributed by atoms with Crippen LogP contribution in [0.5, 0.6) is 5.75 Å². The molecule has 0 fully saturated rings. The highest BCUT2D eigenvalue weighted by atomic mass is 19.4. The summed E-state index contributed by atoms with van der Waals surface area (Å²) in [5.74, 6) is 0.864. The molecule has 1 aliphatic rings. The zero-order valence-electron chi connectivity index (χ0n) is 10.3. The molecule has 1 aromatic carbocycles. The fourth-order valence-electron chi connectivity index (χ4n) is 2.19. The molecule has 1 aliphatic heterocycles. The van der Waals surface area contributed by atoms with Crippen molar-refractivity contribution >= 4 is 0 Å². The molecule has 2 nitrogen and oxygen atoms in total. The van der Waals surface area contributed by atoms with Crippen LogP contribution in [0, 0.1) is 0 Å². The molecule has 1 heterocycles. The van der Waals surface area contributed by atoms with Crippen LogP contribution in [0.4, 0.5) is 13.2 Å². The van der Waals surface area contributed by atoms with Gasteiger partial charge in [0.05, 0.1) is 13.2 Å². The Morgan fingerprint density at radius 2 is 2.11 bits per heavy atom. The Labute approximate surface area is 104 Å². The number of rotatable bonds is 3. The number of nitrogens with zero attached hydrogens (tertiary/aromatic N) is 1. The van der Waals surface area contributed by atoms with E-state index in [1.54, 1.807) is 0 Å². The van der Waals surface area contributed by atoms with Gasteiger partial charge in [0.1, 0.15) is 5.75 Å². The molecule has 100 valence electrons. The van der Waals surface area contributed by atoms with Gasteiger partial charge in [-0.05, 0) is 37.1 Å². The van der Waals surface area contributed by atoms with E-state index < -0.39 is 12.7 Å². The Morgan fingerprint density at radius 3 is 2.83 bits per heavy atom. The van der Waals surface area contributed by atoms with Gasteiger partial charge in [0.2, 0.25) is 0 Å². The first kappa shape index (κ1) is 13.2. The van der Waals surface area contributed by atoms with E-state index in [1.165, 1.54) is 11.9 Å². The third-order valence-corrected chi connectivity index (χ3v) is 2.87. The summed E-state index contributed by atoms with van der Waals surface area (Å²) < 4.78 is 42.1. The molecule has 0 saturated heterocycles. The smallest absolute Gasteiger partial charge is 0.401 e. The number of halogens is 3. The highest BCUT2D eigenvalue weighted by molar-refractivity contribution is 5.38. The minimum absolute atomic E-state index is 0.298. The standard InChI is InChI=1S/C13H16F3NO/c1-17(9-13(14,15)16)8-10-4-5-12-11(7-10)3-2-6-18-12/h4-5,7H,2-3,6,8-9H2,1H3. The van der Waals surface area contributed by atoms with Crippen molar-refractivity contribution in [1.29, 1.82) is 0 Å². The maximum atomic E-state index is 12.2. The number of aryl methyl sites for hydroxylation is 1. The predicted octanol–water partition coefficient (Wildman–Crippen LogP) is 3.01. The molecule has 0 N–H and O–H groups in total. The maximum Gasteiger partial charge on any atom is 0.401 e. The summed E-state index contributed by atoms with van der Waals surface area (Å²) in [7, 11) is 1.48. The van der Waals surface area contributed by atoms with Gasteiger partial charge in [-0.2, -0.15) is 13.2 Å². The normalized spacial score (nSPS) is 15.4. The van der Waals surface area contributed by atoms with Crippen LogP contribution in [0.15, 0.2) is 18.2 Å². The van der Waals surface area contributed by atoms with Gasteiger partial charge in [-0.25, -0.2) is 0 Å². The van der Waals surface area contributed by atoms with Crippen LogP contribution < -0.4 is 4.74 Å². The highest BCUT2D eigenvalue weighted by Crippen LogP contribution is 2.26. The molecule has 18 heavy (non-hydrogen) atoms. The van der Waals surface area contributed by atoms with Crippen molar-refractivity contribution in [3.8, 4) is 5.75 Å². The first-order valence-corrected chi connectivity index (χ1v) is 5.94. The zero-order chi connectivity index (χ0) is 13.2. The van der Waals surface area contributed by atoms with Gasteiger partial charge in [0, 0.05) is 6.54 Å². The predicted molar refractivity (Wildman–Crippen MR) is 62.6 cm³/mol. The molecule has 1 aromatic rings. The van der Waals surface area contributed by atoms with E-state index in [2.05, 4.69) is 0 Å². The third kappa shape index (κ3) is 3.63. The van der Waals surface area contributed by atoms with Crippen molar-refractivity contribution in [3.63, 3.8) is 0 Å². The first-order valence-electron chi connectivity index (χ1n) is 5.94. The van der Waals surface area contributed by atoms with Crippen LogP contribution >= 0.6 is 0 Å². The summed E-state index contributed by atoms with van der Waals surface area (Å²) in [5, 5.41) is 0. The molecule has 0 radical (unpaired) electrons. The molecular formula is C13H16F3NO. The second-order valence-corrected chi connectivity index (χ2v) is 4.68. The van der Waals surface area contributed by atoms with Crippen LogP contribution in [-0.4, -0.2) is 31.3 Å². The maximum absolute atomic E-state index is 12.2. The number of alkyl halides is 3. The van der Waals surface area contributed by atoms with E-state index in [1.807, 2.05) is 18.2 Å². The first-order chi connectivity index (χ1) is 8.44. The number of ether oxygens (including phenoxy) is 1. The largest absolute Gasteiger partial charge is 0.493 e. The van der Waals surface area contributed by atoms with Crippen molar-refractivity contribution in [2.24, 2.45) is 0 Å². The Balaban J connectivity index is 2.01. The molecule has 2 rings (SSSR count). The average Bonchev–Trinajstić information content (AvgIpc) is 2.26. The monoisotopic (exact) mass is 259 g/mol. The molecule has 0 unspecified atom stereocenters. The molecule has 0 spiro atoms. The van der Waals surface area contributed by atoms with Gasteiger partial charge in [0.25, 0.3) is 0 Å². The topological polar surface area (TPSA) is 12.5 Å². The van der Waals surface area contributed by atoms with Crippen molar-refractivity contribution in [2.75, 3.05) is 20.2 Å². The SMILES string of the molecule is CN(Cc1ccc2c(c1)CCCO2)CC(F)(F)F. The molecular weight excluding hydrogens is 243 g/mol. The van der Waals surface area contributed by atoms with Crippen LogP contribution in [-0.2, 0) is 13.0 Å². The van der Waals surface area contributed by atoms with Crippen LogP contribution in [0.25, 0.3) is 0 Å². The fourth-order valence-corrected chi connectivity index (χ4v) is 2.19. The van der Waals surface area contributed by atoms with E-state index in [4.69, 9.17) is 4.74 Å². The average molecular weight is 259 g/mol. The van der Waals surface area contributed by atoms with Gasteiger partial charge in [0.15, 0.2) is 0 Å². The number of benzene rings is 1. The lowest BCUT2D eigenvalue weighted by Crippen LogP contribution is -2.30. The zero-order valence-corrected chi connectivity index (χ0v) is 10.3. The van der Waals surface area contributed by atoms with E-state index in [-0.39, 0.29) is 0 Å². The highest BCUT2D eigenvalue weighted by Gasteiger charge is 2.29. The molecule has 5 heteroatoms. The van der Waals surface area contributed by atoms with Crippen molar-refractivity contribution in [2.45, 2.75) is 25.6 Å². The molecule has 0 bridgehead atoms. The quantitative estimate of drug-likeness (QED) is 0.827. The van der Waals surface area contributed by atoms with Gasteiger partial charge >= 0.3 is 6.18 Å². The minimum atomic E-state index is -4.15. The van der Waals surface area contributed by atoms with Crippen molar-refractivity contribution in [1.82, 2.24) is 4.90 Å². The van der Waals surface area contributed by atoms with Gasteiger partial charge < -0.3 is 4.74 Å². The molecule has 0 atom stereocenters. The summed E-state index contributed by atoms with van der Waals surface area (Å²) >= 11 is 0. The van der Waals surface area contributed by atoms with Gasteiger partial charge in [-0.15, -0.1) is 0 Å². The lowest BCUT2D eigenvalue weighted by atomic mass is 10.0. The number of hydrogen-bond donors (Lipinski definition) is 0.